The van der Waals surface area contributed by atoms with Crippen molar-refractivity contribution in [2.75, 3.05) is 6.54 Å². The molecule has 0 radical (unpaired) electrons. The van der Waals surface area contributed by atoms with Crippen LogP contribution in [0, 0.1) is 5.92 Å². The third-order valence-corrected chi connectivity index (χ3v) is 9.02. The summed E-state index contributed by atoms with van der Waals surface area (Å²) in [5.74, 6) is -1.28. The smallest absolute Gasteiger partial charge is 0.326 e. The largest absolute Gasteiger partial charge is 0.480 e. The van der Waals surface area contributed by atoms with Crippen LogP contribution in [0.15, 0.2) is 60.7 Å². The number of nitrogens with one attached hydrogen (secondary N) is 3. The summed E-state index contributed by atoms with van der Waals surface area (Å²) >= 11 is 0. The maximum absolute atomic E-state index is 13.6. The summed E-state index contributed by atoms with van der Waals surface area (Å²) in [6.45, 7) is 0.550. The van der Waals surface area contributed by atoms with E-state index < -0.39 is 30.0 Å². The van der Waals surface area contributed by atoms with Crippen molar-refractivity contribution in [3.05, 3.63) is 71.8 Å². The van der Waals surface area contributed by atoms with Gasteiger partial charge in [0, 0.05) is 31.5 Å². The number of amides is 3. The lowest BCUT2D eigenvalue weighted by molar-refractivity contribution is -0.142. The lowest BCUT2D eigenvalue weighted by Gasteiger charge is -2.29. The first-order chi connectivity index (χ1) is 20.4. The van der Waals surface area contributed by atoms with Crippen molar-refractivity contribution >= 4 is 23.7 Å². The molecule has 6 atom stereocenters. The number of aliphatic carboxylic acids is 1. The molecule has 42 heavy (non-hydrogen) atoms. The first-order valence-corrected chi connectivity index (χ1v) is 15.3. The average Bonchev–Trinajstić information content (AvgIpc) is 3.65. The van der Waals surface area contributed by atoms with Gasteiger partial charge < -0.3 is 26.0 Å². The molecule has 3 aliphatic rings. The number of likely N-dealkylation sites (tertiary alicyclic amines) is 1. The predicted molar refractivity (Wildman–Crippen MR) is 158 cm³/mol. The number of rotatable bonds is 11. The third-order valence-electron chi connectivity index (χ3n) is 9.02. The van der Waals surface area contributed by atoms with E-state index >= 15 is 0 Å². The number of carboxylic acid groups (broad SMARTS) is 1. The Morgan fingerprint density at radius 1 is 0.857 bits per heavy atom. The van der Waals surface area contributed by atoms with Crippen molar-refractivity contribution < 1.29 is 24.3 Å². The zero-order valence-corrected chi connectivity index (χ0v) is 24.0. The van der Waals surface area contributed by atoms with Gasteiger partial charge in [-0.15, -0.1) is 0 Å². The maximum atomic E-state index is 13.6. The zero-order chi connectivity index (χ0) is 29.5. The van der Waals surface area contributed by atoms with Crippen molar-refractivity contribution in [3.63, 3.8) is 0 Å². The van der Waals surface area contributed by atoms with Gasteiger partial charge >= 0.3 is 5.97 Å². The molecule has 5 rings (SSSR count). The van der Waals surface area contributed by atoms with Gasteiger partial charge in [-0.3, -0.25) is 14.4 Å². The van der Waals surface area contributed by atoms with Gasteiger partial charge in [-0.2, -0.15) is 0 Å². The Bertz CT molecular complexity index is 1230. The van der Waals surface area contributed by atoms with Gasteiger partial charge in [0.25, 0.3) is 0 Å². The number of benzene rings is 2. The quantitative estimate of drug-likeness (QED) is 0.327. The number of hydrogen-bond donors (Lipinski definition) is 4. The number of nitrogens with zero attached hydrogens (tertiary/aromatic N) is 1. The molecule has 2 aliphatic heterocycles. The minimum Gasteiger partial charge on any atom is -0.480 e. The van der Waals surface area contributed by atoms with Gasteiger partial charge in [-0.05, 0) is 55.6 Å². The number of carbonyl (C=O) groups is 4. The summed E-state index contributed by atoms with van der Waals surface area (Å²) < 4.78 is 0. The first-order valence-electron chi connectivity index (χ1n) is 15.3. The highest BCUT2D eigenvalue weighted by Gasteiger charge is 2.43. The molecule has 2 aromatic carbocycles. The Hall–Kier alpha value is -3.72. The minimum atomic E-state index is -1.11. The topological polar surface area (TPSA) is 128 Å². The molecule has 3 fully saturated rings. The van der Waals surface area contributed by atoms with E-state index in [9.17, 15) is 24.3 Å². The predicted octanol–water partition coefficient (Wildman–Crippen LogP) is 2.83. The standard InChI is InChI=1S/C33H42N4O5/c38-30(36-28(33(41)42)19-23-12-5-2-6-13-23)21-25(18-22-10-3-1-4-11-22)34-31(39)29-16-9-17-37(29)32(40)27-20-24-14-7-8-15-26(24)35-27/h1-6,10-13,24-29,35H,7-9,14-21H2,(H,34,39)(H,36,38)(H,41,42). The Labute approximate surface area is 247 Å². The van der Waals surface area contributed by atoms with Crippen molar-refractivity contribution in [1.29, 1.82) is 0 Å². The van der Waals surface area contributed by atoms with Crippen LogP contribution in [0.5, 0.6) is 0 Å². The zero-order valence-electron chi connectivity index (χ0n) is 24.0. The summed E-state index contributed by atoms with van der Waals surface area (Å²) in [5.41, 5.74) is 1.76. The number of hydrogen-bond acceptors (Lipinski definition) is 5. The highest BCUT2D eigenvalue weighted by atomic mass is 16.4. The monoisotopic (exact) mass is 574 g/mol. The van der Waals surface area contributed by atoms with Crippen LogP contribution >= 0.6 is 0 Å². The van der Waals surface area contributed by atoms with Crippen LogP contribution in [0.4, 0.5) is 0 Å². The van der Waals surface area contributed by atoms with Crippen molar-refractivity contribution in [2.45, 2.75) is 94.4 Å². The van der Waals surface area contributed by atoms with Gasteiger partial charge in [0.1, 0.15) is 12.1 Å². The number of fused-ring (bicyclic) bond motifs is 1. The van der Waals surface area contributed by atoms with Crippen molar-refractivity contribution in [2.24, 2.45) is 5.92 Å². The first kappa shape index (κ1) is 29.8. The van der Waals surface area contributed by atoms with E-state index in [1.165, 1.54) is 12.8 Å². The lowest BCUT2D eigenvalue weighted by Crippen LogP contribution is -2.54. The fourth-order valence-electron chi connectivity index (χ4n) is 6.91. The van der Waals surface area contributed by atoms with E-state index in [-0.39, 0.29) is 30.7 Å². The average molecular weight is 575 g/mol. The summed E-state index contributed by atoms with van der Waals surface area (Å²) in [5, 5.41) is 19.0. The van der Waals surface area contributed by atoms with Crippen molar-refractivity contribution in [1.82, 2.24) is 20.9 Å². The molecule has 0 bridgehead atoms. The number of carboxylic acids is 1. The Kier molecular flexibility index (Phi) is 9.89. The molecule has 9 nitrogen and oxygen atoms in total. The van der Waals surface area contributed by atoms with Gasteiger partial charge in [0.05, 0.1) is 6.04 Å². The molecule has 0 aromatic heterocycles. The molecule has 224 valence electrons. The fraction of sp³-hybridized carbons (Fsp3) is 0.515. The maximum Gasteiger partial charge on any atom is 0.326 e. The van der Waals surface area contributed by atoms with E-state index in [1.54, 1.807) is 4.90 Å². The Morgan fingerprint density at radius 3 is 2.19 bits per heavy atom. The van der Waals surface area contributed by atoms with Crippen LogP contribution in [-0.2, 0) is 32.0 Å². The van der Waals surface area contributed by atoms with Gasteiger partial charge in [0.15, 0.2) is 0 Å². The van der Waals surface area contributed by atoms with Gasteiger partial charge in [-0.1, -0.05) is 73.5 Å². The molecule has 2 saturated heterocycles. The van der Waals surface area contributed by atoms with E-state index in [1.807, 2.05) is 60.7 Å². The highest BCUT2D eigenvalue weighted by Crippen LogP contribution is 2.34. The van der Waals surface area contributed by atoms with Crippen LogP contribution in [0.25, 0.3) is 0 Å². The summed E-state index contributed by atoms with van der Waals surface area (Å²) in [6, 6.07) is 16.7. The van der Waals surface area contributed by atoms with E-state index in [4.69, 9.17) is 0 Å². The van der Waals surface area contributed by atoms with Crippen molar-refractivity contribution in [3.8, 4) is 0 Å². The van der Waals surface area contributed by atoms with E-state index in [0.29, 0.717) is 31.3 Å². The summed E-state index contributed by atoms with van der Waals surface area (Å²) in [4.78, 5) is 54.0. The molecule has 9 heteroatoms. The minimum absolute atomic E-state index is 0.00427. The van der Waals surface area contributed by atoms with Gasteiger partial charge in [0.2, 0.25) is 17.7 Å². The van der Waals surface area contributed by atoms with Gasteiger partial charge in [-0.25, -0.2) is 4.79 Å². The Morgan fingerprint density at radius 2 is 1.52 bits per heavy atom. The molecule has 1 saturated carbocycles. The molecule has 6 unspecified atom stereocenters. The van der Waals surface area contributed by atoms with Crippen LogP contribution < -0.4 is 16.0 Å². The Balaban J connectivity index is 1.23. The van der Waals surface area contributed by atoms with Crippen LogP contribution in [0.2, 0.25) is 0 Å². The molecular weight excluding hydrogens is 532 g/mol. The van der Waals surface area contributed by atoms with Crippen LogP contribution in [0.3, 0.4) is 0 Å². The lowest BCUT2D eigenvalue weighted by atomic mass is 9.85. The molecule has 1 aliphatic carbocycles. The highest BCUT2D eigenvalue weighted by molar-refractivity contribution is 5.91. The summed E-state index contributed by atoms with van der Waals surface area (Å²) in [6.07, 6.45) is 7.34. The second-order valence-electron chi connectivity index (χ2n) is 12.0. The molecule has 2 heterocycles. The van der Waals surface area contributed by atoms with Crippen LogP contribution in [0.1, 0.15) is 62.5 Å². The van der Waals surface area contributed by atoms with E-state index in [0.717, 1.165) is 36.8 Å². The molecule has 2 aromatic rings. The normalized spacial score (nSPS) is 24.8. The molecule has 4 N–H and O–H groups in total. The molecule has 0 spiro atoms. The SMILES string of the molecule is O=C(CC(Cc1ccccc1)NC(=O)C1CCCN1C(=O)C1CC2CCCCC2N1)NC(Cc1ccccc1)C(=O)O. The third kappa shape index (κ3) is 7.56. The second kappa shape index (κ2) is 14.0. The molecular formula is C33H42N4O5. The fourth-order valence-corrected chi connectivity index (χ4v) is 6.91. The van der Waals surface area contributed by atoms with E-state index in [2.05, 4.69) is 16.0 Å². The second-order valence-corrected chi connectivity index (χ2v) is 12.0. The molecule has 3 amide bonds. The summed E-state index contributed by atoms with van der Waals surface area (Å²) in [7, 11) is 0. The van der Waals surface area contributed by atoms with Crippen LogP contribution in [-0.4, -0.2) is 70.5 Å². The number of carbonyl (C=O) groups excluding carboxylic acids is 3.